The maximum atomic E-state index is 10.0. The Morgan fingerprint density at radius 2 is 1.91 bits per heavy atom. The molecule has 4 heteroatoms. The molecule has 2 aromatic rings. The fourth-order valence-electron chi connectivity index (χ4n) is 2.22. The van der Waals surface area contributed by atoms with Gasteiger partial charge in [0.05, 0.1) is 0 Å². The Morgan fingerprint density at radius 3 is 2.59 bits per heavy atom. The summed E-state index contributed by atoms with van der Waals surface area (Å²) in [6.45, 7) is 4.94. The second-order valence-corrected chi connectivity index (χ2v) is 5.95. The van der Waals surface area contributed by atoms with Crippen molar-refractivity contribution in [3.05, 3.63) is 64.7 Å². The Kier molecular flexibility index (Phi) is 6.25. The molecule has 0 bridgehead atoms. The molecule has 3 N–H and O–H groups in total. The van der Waals surface area contributed by atoms with E-state index in [1.54, 1.807) is 0 Å². The molecule has 0 spiro atoms. The standard InChI is InChI=1S/C18H22ClNO2/c1-13-10-17(8-9-18(13)19)22-12-16(21)11-20-14(2)15-6-4-3-5-7-15/h3-10,14,16,20-21H,11-12H2,1-2H3/p+1/t14-,16-/m1/s1. The van der Waals surface area contributed by atoms with Gasteiger partial charge in [-0.3, -0.25) is 0 Å². The van der Waals surface area contributed by atoms with E-state index in [1.165, 1.54) is 5.56 Å². The average Bonchev–Trinajstić information content (AvgIpc) is 2.54. The van der Waals surface area contributed by atoms with E-state index in [0.717, 1.165) is 16.3 Å². The maximum absolute atomic E-state index is 10.0. The van der Waals surface area contributed by atoms with E-state index in [9.17, 15) is 5.11 Å². The van der Waals surface area contributed by atoms with Crippen LogP contribution in [0.25, 0.3) is 0 Å². The molecule has 0 fully saturated rings. The highest BCUT2D eigenvalue weighted by molar-refractivity contribution is 6.31. The van der Waals surface area contributed by atoms with Gasteiger partial charge in [0.2, 0.25) is 0 Å². The summed E-state index contributed by atoms with van der Waals surface area (Å²) >= 11 is 5.98. The predicted octanol–water partition coefficient (Wildman–Crippen LogP) is 2.71. The molecule has 0 amide bonds. The second kappa shape index (κ2) is 8.18. The monoisotopic (exact) mass is 320 g/mol. The Labute approximate surface area is 136 Å². The van der Waals surface area contributed by atoms with Crippen molar-refractivity contribution in [3.63, 3.8) is 0 Å². The number of benzene rings is 2. The second-order valence-electron chi connectivity index (χ2n) is 5.55. The molecule has 3 nitrogen and oxygen atoms in total. The van der Waals surface area contributed by atoms with Gasteiger partial charge in [0.25, 0.3) is 0 Å². The topological polar surface area (TPSA) is 46.1 Å². The van der Waals surface area contributed by atoms with Crippen molar-refractivity contribution in [1.29, 1.82) is 0 Å². The van der Waals surface area contributed by atoms with Gasteiger partial charge in [-0.1, -0.05) is 41.9 Å². The summed E-state index contributed by atoms with van der Waals surface area (Å²) in [6.07, 6.45) is -0.512. The number of rotatable bonds is 7. The van der Waals surface area contributed by atoms with Gasteiger partial charge in [-0.15, -0.1) is 0 Å². The third-order valence-corrected chi connectivity index (χ3v) is 4.08. The van der Waals surface area contributed by atoms with Crippen LogP contribution < -0.4 is 10.1 Å². The number of ether oxygens (including phenoxy) is 1. The lowest BCUT2D eigenvalue weighted by atomic mass is 10.1. The van der Waals surface area contributed by atoms with Gasteiger partial charge in [0.15, 0.2) is 0 Å². The van der Waals surface area contributed by atoms with Crippen molar-refractivity contribution in [1.82, 2.24) is 0 Å². The van der Waals surface area contributed by atoms with Gasteiger partial charge >= 0.3 is 0 Å². The number of halogens is 1. The van der Waals surface area contributed by atoms with Crippen LogP contribution in [-0.4, -0.2) is 24.4 Å². The van der Waals surface area contributed by atoms with Gasteiger partial charge in [0.1, 0.15) is 31.0 Å². The zero-order valence-electron chi connectivity index (χ0n) is 13.0. The molecule has 2 atom stereocenters. The molecular weight excluding hydrogens is 298 g/mol. The SMILES string of the molecule is Cc1cc(OC[C@H](O)C[NH2+][C@H](C)c2ccccc2)ccc1Cl. The van der Waals surface area contributed by atoms with Gasteiger partial charge in [-0.25, -0.2) is 0 Å². The van der Waals surface area contributed by atoms with Crippen molar-refractivity contribution in [2.45, 2.75) is 26.0 Å². The Balaban J connectivity index is 1.76. The van der Waals surface area contributed by atoms with E-state index in [0.29, 0.717) is 12.6 Å². The number of aliphatic hydroxyl groups is 1. The molecule has 0 saturated heterocycles. The fourth-order valence-corrected chi connectivity index (χ4v) is 2.34. The Hall–Kier alpha value is -1.55. The molecular formula is C18H23ClNO2+. The van der Waals surface area contributed by atoms with Crippen LogP contribution >= 0.6 is 11.6 Å². The fraction of sp³-hybridized carbons (Fsp3) is 0.333. The van der Waals surface area contributed by atoms with E-state index >= 15 is 0 Å². The number of hydrogen-bond acceptors (Lipinski definition) is 2. The molecule has 0 aliphatic carbocycles. The lowest BCUT2D eigenvalue weighted by molar-refractivity contribution is -0.698. The highest BCUT2D eigenvalue weighted by Gasteiger charge is 2.12. The van der Waals surface area contributed by atoms with Crippen molar-refractivity contribution in [2.75, 3.05) is 13.2 Å². The van der Waals surface area contributed by atoms with Crippen LogP contribution in [0.3, 0.4) is 0 Å². The smallest absolute Gasteiger partial charge is 0.137 e. The summed E-state index contributed by atoms with van der Waals surface area (Å²) in [5.41, 5.74) is 2.22. The molecule has 0 heterocycles. The molecule has 0 unspecified atom stereocenters. The van der Waals surface area contributed by atoms with Crippen LogP contribution in [0.15, 0.2) is 48.5 Å². The molecule has 0 aliphatic rings. The molecule has 0 radical (unpaired) electrons. The van der Waals surface area contributed by atoms with Gasteiger partial charge < -0.3 is 15.2 Å². The van der Waals surface area contributed by atoms with Crippen LogP contribution in [0.1, 0.15) is 24.1 Å². The molecule has 22 heavy (non-hydrogen) atoms. The van der Waals surface area contributed by atoms with Crippen molar-refractivity contribution < 1.29 is 15.2 Å². The lowest BCUT2D eigenvalue weighted by Crippen LogP contribution is -2.87. The zero-order valence-corrected chi connectivity index (χ0v) is 13.8. The van der Waals surface area contributed by atoms with Crippen molar-refractivity contribution in [2.24, 2.45) is 0 Å². The highest BCUT2D eigenvalue weighted by atomic mass is 35.5. The minimum absolute atomic E-state index is 0.277. The molecule has 118 valence electrons. The Morgan fingerprint density at radius 1 is 1.18 bits per heavy atom. The summed E-state index contributed by atoms with van der Waals surface area (Å²) in [7, 11) is 0. The largest absolute Gasteiger partial charge is 0.491 e. The van der Waals surface area contributed by atoms with Gasteiger partial charge in [0, 0.05) is 10.6 Å². The number of aryl methyl sites for hydroxylation is 1. The molecule has 0 aromatic heterocycles. The first-order valence-electron chi connectivity index (χ1n) is 7.51. The molecule has 0 saturated carbocycles. The normalized spacial score (nSPS) is 13.6. The summed E-state index contributed by atoms with van der Waals surface area (Å²) in [5, 5.41) is 12.9. The van der Waals surface area contributed by atoms with Crippen LogP contribution in [0.2, 0.25) is 5.02 Å². The van der Waals surface area contributed by atoms with Crippen molar-refractivity contribution in [3.8, 4) is 5.75 Å². The number of hydrogen-bond donors (Lipinski definition) is 2. The summed E-state index contributed by atoms with van der Waals surface area (Å²) < 4.78 is 5.61. The molecule has 2 aromatic carbocycles. The van der Waals surface area contributed by atoms with Gasteiger partial charge in [-0.2, -0.15) is 0 Å². The number of quaternary nitrogens is 1. The quantitative estimate of drug-likeness (QED) is 0.824. The van der Waals surface area contributed by atoms with Crippen LogP contribution in [0.5, 0.6) is 5.75 Å². The average molecular weight is 321 g/mol. The first kappa shape index (κ1) is 16.8. The summed E-state index contributed by atoms with van der Waals surface area (Å²) in [4.78, 5) is 0. The Bertz CT molecular complexity index is 589. The zero-order chi connectivity index (χ0) is 15.9. The first-order chi connectivity index (χ1) is 10.6. The van der Waals surface area contributed by atoms with E-state index in [-0.39, 0.29) is 6.61 Å². The minimum atomic E-state index is -0.512. The van der Waals surface area contributed by atoms with Crippen LogP contribution in [0.4, 0.5) is 0 Å². The minimum Gasteiger partial charge on any atom is -0.491 e. The van der Waals surface area contributed by atoms with Crippen LogP contribution in [-0.2, 0) is 0 Å². The van der Waals surface area contributed by atoms with Crippen LogP contribution in [0, 0.1) is 6.92 Å². The van der Waals surface area contributed by atoms with Crippen molar-refractivity contribution >= 4 is 11.6 Å². The first-order valence-corrected chi connectivity index (χ1v) is 7.89. The number of aliphatic hydroxyl groups excluding tert-OH is 1. The van der Waals surface area contributed by atoms with E-state index in [4.69, 9.17) is 16.3 Å². The van der Waals surface area contributed by atoms with E-state index in [1.807, 2.05) is 43.3 Å². The highest BCUT2D eigenvalue weighted by Crippen LogP contribution is 2.21. The maximum Gasteiger partial charge on any atom is 0.137 e. The lowest BCUT2D eigenvalue weighted by Gasteiger charge is -2.15. The predicted molar refractivity (Wildman–Crippen MR) is 89.3 cm³/mol. The number of nitrogens with two attached hydrogens (primary N) is 1. The third-order valence-electron chi connectivity index (χ3n) is 3.66. The third kappa shape index (κ3) is 5.02. The molecule has 0 aliphatic heterocycles. The van der Waals surface area contributed by atoms with E-state index in [2.05, 4.69) is 24.4 Å². The van der Waals surface area contributed by atoms with E-state index < -0.39 is 6.10 Å². The summed E-state index contributed by atoms with van der Waals surface area (Å²) in [5.74, 6) is 0.733. The summed E-state index contributed by atoms with van der Waals surface area (Å²) in [6, 6.07) is 16.1. The van der Waals surface area contributed by atoms with Gasteiger partial charge in [-0.05, 0) is 37.6 Å². The molecule has 2 rings (SSSR count).